The maximum Gasteiger partial charge on any atom is 0.305 e. The first-order valence-corrected chi connectivity index (χ1v) is 4.87. The monoisotopic (exact) mass is 232 g/mol. The van der Waals surface area contributed by atoms with Crippen LogP contribution in [0.4, 0.5) is 4.39 Å². The van der Waals surface area contributed by atoms with Gasteiger partial charge in [-0.05, 0) is 6.08 Å². The van der Waals surface area contributed by atoms with Crippen molar-refractivity contribution >= 4 is 23.4 Å². The van der Waals surface area contributed by atoms with Crippen molar-refractivity contribution in [3.8, 4) is 0 Å². The largest absolute Gasteiger partial charge is 0.465 e. The van der Waals surface area contributed by atoms with Crippen molar-refractivity contribution in [3.05, 3.63) is 23.0 Å². The van der Waals surface area contributed by atoms with Crippen LogP contribution in [-0.2, 0) is 14.3 Å². The van der Waals surface area contributed by atoms with E-state index in [1.165, 1.54) is 6.08 Å². The quantitative estimate of drug-likeness (QED) is 0.700. The highest BCUT2D eigenvalue weighted by atomic mass is 35.5. The number of halogens is 2. The summed E-state index contributed by atoms with van der Waals surface area (Å²) in [7, 11) is 0. The van der Waals surface area contributed by atoms with Gasteiger partial charge in [0.15, 0.2) is 5.78 Å². The highest BCUT2D eigenvalue weighted by Gasteiger charge is 2.26. The Balaban J connectivity index is 2.57. The Hall–Kier alpha value is -1.16. The molecule has 0 fully saturated rings. The lowest BCUT2D eigenvalue weighted by Gasteiger charge is -2.14. The predicted octanol–water partition coefficient (Wildman–Crippen LogP) is 2.11. The van der Waals surface area contributed by atoms with Gasteiger partial charge in [-0.25, -0.2) is 4.39 Å². The molecule has 0 amide bonds. The number of hydrogen-bond acceptors (Lipinski definition) is 3. The molecule has 0 saturated carbocycles. The van der Waals surface area contributed by atoms with Crippen molar-refractivity contribution in [2.75, 3.05) is 6.61 Å². The van der Waals surface area contributed by atoms with E-state index in [1.54, 1.807) is 6.92 Å². The van der Waals surface area contributed by atoms with Crippen molar-refractivity contribution < 1.29 is 18.7 Å². The summed E-state index contributed by atoms with van der Waals surface area (Å²) >= 11 is 5.42. The Morgan fingerprint density at radius 1 is 1.67 bits per heavy atom. The number of ether oxygens (including phenoxy) is 1. The van der Waals surface area contributed by atoms with Crippen molar-refractivity contribution in [3.63, 3.8) is 0 Å². The second-order valence-electron chi connectivity index (χ2n) is 3.03. The van der Waals surface area contributed by atoms with Crippen molar-refractivity contribution in [1.82, 2.24) is 0 Å². The minimum atomic E-state index is -0.750. The van der Waals surface area contributed by atoms with Gasteiger partial charge in [0.05, 0.1) is 5.92 Å². The molecule has 0 aromatic carbocycles. The number of rotatable bonds is 3. The maximum atomic E-state index is 12.8. The van der Waals surface area contributed by atoms with Gasteiger partial charge in [0.2, 0.25) is 0 Å². The van der Waals surface area contributed by atoms with Gasteiger partial charge in [-0.1, -0.05) is 24.6 Å². The molecule has 1 atom stereocenters. The van der Waals surface area contributed by atoms with E-state index in [9.17, 15) is 14.0 Å². The number of hydrogen-bond donors (Lipinski definition) is 0. The summed E-state index contributed by atoms with van der Waals surface area (Å²) < 4.78 is 17.6. The number of Topliss-reactive ketones (excluding diaryl/α,β-unsaturated/α-hetero) is 1. The molecule has 82 valence electrons. The predicted molar refractivity (Wildman–Crippen MR) is 52.9 cm³/mol. The Morgan fingerprint density at radius 3 is 2.93 bits per heavy atom. The molecule has 0 aromatic rings. The van der Waals surface area contributed by atoms with Crippen LogP contribution >= 0.6 is 11.6 Å². The molecular weight excluding hydrogens is 223 g/mol. The van der Waals surface area contributed by atoms with Gasteiger partial charge in [-0.2, -0.15) is 0 Å². The first-order valence-electron chi connectivity index (χ1n) is 4.49. The normalized spacial score (nSPS) is 20.7. The van der Waals surface area contributed by atoms with Crippen LogP contribution in [0.5, 0.6) is 0 Å². The molecule has 0 spiro atoms. The third-order valence-electron chi connectivity index (χ3n) is 1.95. The van der Waals surface area contributed by atoms with E-state index in [0.717, 1.165) is 6.08 Å². The number of carbonyl (C=O) groups is 2. The summed E-state index contributed by atoms with van der Waals surface area (Å²) in [5.74, 6) is -2.38. The van der Waals surface area contributed by atoms with Crippen LogP contribution in [0.15, 0.2) is 23.0 Å². The second-order valence-corrected chi connectivity index (χ2v) is 3.41. The second kappa shape index (κ2) is 5.07. The van der Waals surface area contributed by atoms with E-state index in [2.05, 4.69) is 0 Å². The zero-order valence-electron chi connectivity index (χ0n) is 8.13. The van der Waals surface area contributed by atoms with Crippen LogP contribution in [-0.4, -0.2) is 18.4 Å². The van der Waals surface area contributed by atoms with Gasteiger partial charge >= 0.3 is 5.97 Å². The molecule has 0 saturated heterocycles. The number of allylic oxidation sites excluding steroid dienone is 3. The van der Waals surface area contributed by atoms with Gasteiger partial charge in [0.25, 0.3) is 0 Å². The minimum Gasteiger partial charge on any atom is -0.465 e. The summed E-state index contributed by atoms with van der Waals surface area (Å²) in [6.07, 6.45) is 2.68. The lowest BCUT2D eigenvalue weighted by atomic mass is 10.00. The van der Waals surface area contributed by atoms with E-state index < -0.39 is 28.5 Å². The number of ketones is 1. The van der Waals surface area contributed by atoms with E-state index in [0.29, 0.717) is 0 Å². The summed E-state index contributed by atoms with van der Waals surface area (Å²) in [5.41, 5.74) is 0. The molecule has 0 heterocycles. The molecule has 1 rings (SSSR count). The Bertz CT molecular complexity index is 347. The average molecular weight is 233 g/mol. The molecule has 3 nitrogen and oxygen atoms in total. The molecule has 0 radical (unpaired) electrons. The first kappa shape index (κ1) is 11.9. The van der Waals surface area contributed by atoms with Crippen molar-refractivity contribution in [1.29, 1.82) is 0 Å². The molecular formula is C10H10ClFO3. The molecule has 0 N–H and O–H groups in total. The molecule has 15 heavy (non-hydrogen) atoms. The SMILES string of the molecule is CCC(=O)OCC1C=CC(F)=C(Cl)C1=O. The third-order valence-corrected chi connectivity index (χ3v) is 2.32. The number of carbonyl (C=O) groups excluding carboxylic acids is 2. The fourth-order valence-electron chi connectivity index (χ4n) is 1.06. The average Bonchev–Trinajstić information content (AvgIpc) is 2.24. The third kappa shape index (κ3) is 2.89. The summed E-state index contributed by atoms with van der Waals surface area (Å²) in [6, 6.07) is 0. The minimum absolute atomic E-state index is 0.0918. The Morgan fingerprint density at radius 2 is 2.33 bits per heavy atom. The van der Waals surface area contributed by atoms with E-state index in [4.69, 9.17) is 16.3 Å². The number of esters is 1. The van der Waals surface area contributed by atoms with Gasteiger partial charge in [-0.3, -0.25) is 9.59 Å². The molecule has 0 bridgehead atoms. The van der Waals surface area contributed by atoms with Gasteiger partial charge in [-0.15, -0.1) is 0 Å². The fourth-order valence-corrected chi connectivity index (χ4v) is 1.26. The smallest absolute Gasteiger partial charge is 0.305 e. The van der Waals surface area contributed by atoms with Gasteiger partial charge in [0, 0.05) is 6.42 Å². The molecule has 1 aliphatic rings. The zero-order valence-corrected chi connectivity index (χ0v) is 8.88. The van der Waals surface area contributed by atoms with Gasteiger partial charge in [0.1, 0.15) is 17.5 Å². The molecule has 0 aliphatic heterocycles. The lowest BCUT2D eigenvalue weighted by molar-refractivity contribution is -0.144. The molecule has 5 heteroatoms. The summed E-state index contributed by atoms with van der Waals surface area (Å²) in [6.45, 7) is 1.55. The Kier molecular flexibility index (Phi) is 4.03. The topological polar surface area (TPSA) is 43.4 Å². The van der Waals surface area contributed by atoms with Crippen molar-refractivity contribution in [2.45, 2.75) is 13.3 Å². The maximum absolute atomic E-state index is 12.8. The molecule has 0 aromatic heterocycles. The van der Waals surface area contributed by atoms with Crippen LogP contribution in [0, 0.1) is 5.92 Å². The lowest BCUT2D eigenvalue weighted by Crippen LogP contribution is -2.22. The van der Waals surface area contributed by atoms with Crippen LogP contribution in [0.2, 0.25) is 0 Å². The Labute approximate surface area is 91.5 Å². The highest BCUT2D eigenvalue weighted by Crippen LogP contribution is 2.24. The zero-order chi connectivity index (χ0) is 11.4. The van der Waals surface area contributed by atoms with Crippen LogP contribution in [0.25, 0.3) is 0 Å². The molecule has 1 unspecified atom stereocenters. The van der Waals surface area contributed by atoms with Crippen LogP contribution < -0.4 is 0 Å². The van der Waals surface area contributed by atoms with Crippen LogP contribution in [0.1, 0.15) is 13.3 Å². The fraction of sp³-hybridized carbons (Fsp3) is 0.400. The first-order chi connectivity index (χ1) is 7.06. The molecule has 1 aliphatic carbocycles. The summed E-state index contributed by atoms with van der Waals surface area (Å²) in [4.78, 5) is 22.2. The standard InChI is InChI=1S/C10H10ClFO3/c1-2-8(13)15-5-6-3-4-7(12)9(11)10(6)14/h3-4,6H,2,5H2,1H3. The highest BCUT2D eigenvalue weighted by molar-refractivity contribution is 6.43. The summed E-state index contributed by atoms with van der Waals surface area (Å²) in [5, 5.41) is -0.435. The van der Waals surface area contributed by atoms with Crippen LogP contribution in [0.3, 0.4) is 0 Å². The van der Waals surface area contributed by atoms with E-state index >= 15 is 0 Å². The van der Waals surface area contributed by atoms with Gasteiger partial charge < -0.3 is 4.74 Å². The van der Waals surface area contributed by atoms with Crippen molar-refractivity contribution in [2.24, 2.45) is 5.92 Å². The van der Waals surface area contributed by atoms with E-state index in [1.807, 2.05) is 0 Å². The van der Waals surface area contributed by atoms with E-state index in [-0.39, 0.29) is 13.0 Å².